The Morgan fingerprint density at radius 2 is 1.66 bits per heavy atom. The summed E-state index contributed by atoms with van der Waals surface area (Å²) in [6.07, 6.45) is 0.243. The van der Waals surface area contributed by atoms with Crippen molar-refractivity contribution in [1.29, 1.82) is 0 Å². The van der Waals surface area contributed by atoms with Gasteiger partial charge in [-0.3, -0.25) is 14.4 Å². The van der Waals surface area contributed by atoms with Gasteiger partial charge in [0.05, 0.1) is 11.4 Å². The topological polar surface area (TPSA) is 72.2 Å². The SMILES string of the molecule is CCc1ccc(C(=O)NC2N=C(c3ccccc3)c3ccccc3-n3c(C)nnc32)cc1. The molecule has 2 heterocycles. The quantitative estimate of drug-likeness (QED) is 0.530. The van der Waals surface area contributed by atoms with Gasteiger partial charge in [0.15, 0.2) is 12.0 Å². The molecule has 0 radical (unpaired) electrons. The van der Waals surface area contributed by atoms with Crippen LogP contribution in [0.2, 0.25) is 0 Å². The first kappa shape index (κ1) is 19.9. The summed E-state index contributed by atoms with van der Waals surface area (Å²) in [6.45, 7) is 4.00. The van der Waals surface area contributed by atoms with E-state index >= 15 is 0 Å². The van der Waals surface area contributed by atoms with Crippen LogP contribution in [0.25, 0.3) is 5.69 Å². The minimum atomic E-state index is -0.683. The van der Waals surface area contributed by atoms with E-state index in [1.54, 1.807) is 0 Å². The largest absolute Gasteiger partial charge is 0.324 e. The van der Waals surface area contributed by atoms with Crippen LogP contribution in [0, 0.1) is 6.92 Å². The Hall–Kier alpha value is -4.06. The molecular formula is C26H23N5O. The van der Waals surface area contributed by atoms with E-state index in [1.165, 1.54) is 5.56 Å². The lowest BCUT2D eigenvalue weighted by atomic mass is 10.0. The normalized spacial score (nSPS) is 14.7. The highest BCUT2D eigenvalue weighted by Crippen LogP contribution is 2.29. The fraction of sp³-hybridized carbons (Fsp3) is 0.154. The van der Waals surface area contributed by atoms with Gasteiger partial charge in [-0.1, -0.05) is 67.6 Å². The molecule has 0 fully saturated rings. The second-order valence-electron chi connectivity index (χ2n) is 7.73. The van der Waals surface area contributed by atoms with E-state index in [0.29, 0.717) is 11.4 Å². The zero-order chi connectivity index (χ0) is 22.1. The summed E-state index contributed by atoms with van der Waals surface area (Å²) < 4.78 is 1.97. The number of carbonyl (C=O) groups excluding carboxylic acids is 1. The maximum atomic E-state index is 13.1. The Bertz CT molecular complexity index is 1310. The van der Waals surface area contributed by atoms with Crippen LogP contribution < -0.4 is 5.32 Å². The number of para-hydroxylation sites is 1. The van der Waals surface area contributed by atoms with Crippen molar-refractivity contribution in [3.05, 3.63) is 113 Å². The monoisotopic (exact) mass is 421 g/mol. The molecule has 4 aromatic rings. The van der Waals surface area contributed by atoms with Gasteiger partial charge in [0.25, 0.3) is 5.91 Å². The maximum absolute atomic E-state index is 13.1. The molecule has 5 rings (SSSR count). The van der Waals surface area contributed by atoms with E-state index in [1.807, 2.05) is 90.4 Å². The smallest absolute Gasteiger partial charge is 0.253 e. The van der Waals surface area contributed by atoms with Gasteiger partial charge in [-0.25, -0.2) is 0 Å². The first-order valence-corrected chi connectivity index (χ1v) is 10.7. The summed E-state index contributed by atoms with van der Waals surface area (Å²) in [6, 6.07) is 25.7. The fourth-order valence-corrected chi connectivity index (χ4v) is 4.00. The summed E-state index contributed by atoms with van der Waals surface area (Å²) in [5.74, 6) is 1.12. The molecule has 1 aliphatic rings. The van der Waals surface area contributed by atoms with Crippen LogP contribution in [0.1, 0.15) is 51.8 Å². The molecular weight excluding hydrogens is 398 g/mol. The van der Waals surface area contributed by atoms with E-state index in [-0.39, 0.29) is 5.91 Å². The predicted molar refractivity (Wildman–Crippen MR) is 124 cm³/mol. The number of hydrogen-bond acceptors (Lipinski definition) is 4. The van der Waals surface area contributed by atoms with Crippen LogP contribution in [0.4, 0.5) is 0 Å². The van der Waals surface area contributed by atoms with Crippen LogP contribution in [0.15, 0.2) is 83.9 Å². The number of carbonyl (C=O) groups is 1. The summed E-state index contributed by atoms with van der Waals surface area (Å²) in [7, 11) is 0. The van der Waals surface area contributed by atoms with Gasteiger partial charge in [-0.2, -0.15) is 0 Å². The van der Waals surface area contributed by atoms with Crippen LogP contribution >= 0.6 is 0 Å². The highest BCUT2D eigenvalue weighted by molar-refractivity contribution is 6.15. The third kappa shape index (κ3) is 3.50. The molecule has 1 atom stereocenters. The molecule has 1 aliphatic heterocycles. The summed E-state index contributed by atoms with van der Waals surface area (Å²) in [5.41, 5.74) is 5.46. The number of aryl methyl sites for hydroxylation is 2. The van der Waals surface area contributed by atoms with E-state index < -0.39 is 6.17 Å². The first-order chi connectivity index (χ1) is 15.7. The third-order valence-electron chi connectivity index (χ3n) is 5.69. The third-order valence-corrected chi connectivity index (χ3v) is 5.69. The zero-order valence-corrected chi connectivity index (χ0v) is 18.0. The van der Waals surface area contributed by atoms with Crippen molar-refractivity contribution in [2.45, 2.75) is 26.4 Å². The van der Waals surface area contributed by atoms with Crippen molar-refractivity contribution in [2.75, 3.05) is 0 Å². The molecule has 1 unspecified atom stereocenters. The molecule has 1 amide bonds. The van der Waals surface area contributed by atoms with Crippen LogP contribution in [0.3, 0.4) is 0 Å². The van der Waals surface area contributed by atoms with Gasteiger partial charge in [-0.05, 0) is 37.1 Å². The molecule has 6 nitrogen and oxygen atoms in total. The van der Waals surface area contributed by atoms with Gasteiger partial charge in [-0.15, -0.1) is 10.2 Å². The van der Waals surface area contributed by atoms with Gasteiger partial charge < -0.3 is 5.32 Å². The molecule has 0 aliphatic carbocycles. The second kappa shape index (κ2) is 8.23. The van der Waals surface area contributed by atoms with Crippen molar-refractivity contribution in [3.8, 4) is 5.69 Å². The number of rotatable bonds is 4. The second-order valence-corrected chi connectivity index (χ2v) is 7.73. The van der Waals surface area contributed by atoms with Crippen LogP contribution in [-0.2, 0) is 6.42 Å². The summed E-state index contributed by atoms with van der Waals surface area (Å²) >= 11 is 0. The lowest BCUT2D eigenvalue weighted by Gasteiger charge is -2.14. The minimum Gasteiger partial charge on any atom is -0.324 e. The lowest BCUT2D eigenvalue weighted by Crippen LogP contribution is -2.29. The molecule has 158 valence electrons. The van der Waals surface area contributed by atoms with Crippen molar-refractivity contribution in [1.82, 2.24) is 20.1 Å². The van der Waals surface area contributed by atoms with E-state index in [4.69, 9.17) is 4.99 Å². The van der Waals surface area contributed by atoms with Gasteiger partial charge in [0.1, 0.15) is 5.82 Å². The van der Waals surface area contributed by atoms with Crippen molar-refractivity contribution < 1.29 is 4.79 Å². The Kier molecular flexibility index (Phi) is 5.11. The molecule has 0 saturated carbocycles. The molecule has 6 heteroatoms. The number of aromatic nitrogens is 3. The Morgan fingerprint density at radius 1 is 0.938 bits per heavy atom. The Morgan fingerprint density at radius 3 is 2.41 bits per heavy atom. The van der Waals surface area contributed by atoms with Crippen LogP contribution in [-0.4, -0.2) is 26.4 Å². The van der Waals surface area contributed by atoms with Crippen molar-refractivity contribution in [3.63, 3.8) is 0 Å². The number of nitrogens with zero attached hydrogens (tertiary/aromatic N) is 4. The van der Waals surface area contributed by atoms with Crippen molar-refractivity contribution >= 4 is 11.6 Å². The summed E-state index contributed by atoms with van der Waals surface area (Å²) in [5, 5.41) is 11.7. The predicted octanol–water partition coefficient (Wildman–Crippen LogP) is 4.42. The Balaban J connectivity index is 1.63. The molecule has 0 spiro atoms. The highest BCUT2D eigenvalue weighted by atomic mass is 16.1. The minimum absolute atomic E-state index is 0.202. The molecule has 3 aromatic carbocycles. The Labute approximate surface area is 186 Å². The van der Waals surface area contributed by atoms with E-state index in [9.17, 15) is 4.79 Å². The number of nitrogens with one attached hydrogen (secondary N) is 1. The van der Waals surface area contributed by atoms with E-state index in [0.717, 1.165) is 34.8 Å². The molecule has 0 bridgehead atoms. The average molecular weight is 422 g/mol. The number of fused-ring (bicyclic) bond motifs is 3. The van der Waals surface area contributed by atoms with Crippen molar-refractivity contribution in [2.24, 2.45) is 4.99 Å². The van der Waals surface area contributed by atoms with E-state index in [2.05, 4.69) is 22.4 Å². The zero-order valence-electron chi connectivity index (χ0n) is 18.0. The molecule has 1 N–H and O–H groups in total. The van der Waals surface area contributed by atoms with Gasteiger partial charge in [0, 0.05) is 16.7 Å². The molecule has 0 saturated heterocycles. The van der Waals surface area contributed by atoms with Crippen LogP contribution in [0.5, 0.6) is 0 Å². The number of aliphatic imine (C=N–C) groups is 1. The standard InChI is InChI=1S/C26H23N5O/c1-3-18-13-15-20(16-14-18)26(32)28-24-25-30-29-17(2)31(25)22-12-8-7-11-21(22)23(27-24)19-9-5-4-6-10-19/h4-16,24H,3H2,1-2H3,(H,28,32). The fourth-order valence-electron chi connectivity index (χ4n) is 4.00. The number of hydrogen-bond donors (Lipinski definition) is 1. The highest BCUT2D eigenvalue weighted by Gasteiger charge is 2.29. The first-order valence-electron chi connectivity index (χ1n) is 10.7. The van der Waals surface area contributed by atoms with Gasteiger partial charge in [0.2, 0.25) is 0 Å². The maximum Gasteiger partial charge on any atom is 0.253 e. The molecule has 1 aromatic heterocycles. The summed E-state index contributed by atoms with van der Waals surface area (Å²) in [4.78, 5) is 18.1. The van der Waals surface area contributed by atoms with Gasteiger partial charge >= 0.3 is 0 Å². The average Bonchev–Trinajstić information content (AvgIpc) is 3.16. The number of amides is 1. The lowest BCUT2D eigenvalue weighted by molar-refractivity contribution is 0.0936. The molecule has 32 heavy (non-hydrogen) atoms. The number of benzene rings is 3.